The van der Waals surface area contributed by atoms with E-state index in [1.807, 2.05) is 48.5 Å². The quantitative estimate of drug-likeness (QED) is 0.0512. The van der Waals surface area contributed by atoms with Crippen LogP contribution in [-0.4, -0.2) is 88.4 Å². The summed E-state index contributed by atoms with van der Waals surface area (Å²) in [7, 11) is 8.53. The lowest BCUT2D eigenvalue weighted by atomic mass is 10.0. The normalized spacial score (nSPS) is 11.4. The van der Waals surface area contributed by atoms with Gasteiger partial charge in [0.15, 0.2) is 13.1 Å². The van der Waals surface area contributed by atoms with E-state index in [0.29, 0.717) is 22.1 Å². The highest BCUT2D eigenvalue weighted by atomic mass is 79.9. The van der Waals surface area contributed by atoms with Crippen molar-refractivity contribution in [2.45, 2.75) is 219 Å². The molecule has 0 unspecified atom stereocenters. The second kappa shape index (κ2) is 43.6. The highest BCUT2D eigenvalue weighted by Crippen LogP contribution is 2.20. The van der Waals surface area contributed by atoms with Gasteiger partial charge in [-0.25, -0.2) is 0 Å². The minimum atomic E-state index is 0. The van der Waals surface area contributed by atoms with Gasteiger partial charge in [-0.3, -0.25) is 9.59 Å². The van der Waals surface area contributed by atoms with E-state index in [2.05, 4.69) is 52.7 Å². The Kier molecular flexibility index (Phi) is 42.3. The maximum absolute atomic E-state index is 12.9. The molecule has 0 aliphatic heterocycles. The van der Waals surface area contributed by atoms with Crippen molar-refractivity contribution in [1.82, 2.24) is 0 Å². The van der Waals surface area contributed by atoms with Crippen LogP contribution in [0.3, 0.4) is 0 Å². The molecule has 0 spiro atoms. The van der Waals surface area contributed by atoms with Gasteiger partial charge < -0.3 is 63.0 Å². The van der Waals surface area contributed by atoms with Gasteiger partial charge in [0.25, 0.3) is 11.8 Å². The van der Waals surface area contributed by atoms with Crippen LogP contribution in [0.15, 0.2) is 48.5 Å². The monoisotopic (exact) mass is 1080 g/mol. The van der Waals surface area contributed by atoms with E-state index in [9.17, 15) is 9.59 Å². The Balaban J connectivity index is 0.0000224. The van der Waals surface area contributed by atoms with Crippen LogP contribution in [0.25, 0.3) is 0 Å². The standard InChI is InChI=1S/C58H102N4O4.2BrH/c1-7-9-11-13-15-17-19-21-23-25-27-29-33-37-49-65-55-43-39-53(40-44-55)59-57(63)51-61(3,4)47-35-31-32-36-48-62(5,6)52-58(64)60-54-41-45-56(46-42-54)66-50-38-34-30-28-26-24-22-20-18-16-14-12-10-8-2;;/h39-46H,7-38,47-52H2,1-6H3;2*1H. The molecule has 68 heavy (non-hydrogen) atoms. The Bertz CT molecular complexity index is 1350. The molecule has 2 aromatic rings. The van der Waals surface area contributed by atoms with Crippen LogP contribution in [0.2, 0.25) is 0 Å². The molecule has 0 saturated heterocycles. The first kappa shape index (κ1) is 65.9. The van der Waals surface area contributed by atoms with Gasteiger partial charge in [-0.15, -0.1) is 0 Å². The second-order valence-electron chi connectivity index (χ2n) is 21.1. The van der Waals surface area contributed by atoms with Gasteiger partial charge in [0, 0.05) is 11.4 Å². The molecule has 2 rings (SSSR count). The van der Waals surface area contributed by atoms with Gasteiger partial charge in [0.2, 0.25) is 0 Å². The number of quaternary nitrogens is 2. The number of anilines is 2. The zero-order valence-electron chi connectivity index (χ0n) is 44.8. The molecule has 0 fully saturated rings. The number of unbranched alkanes of at least 4 members (excludes halogenated alkanes) is 29. The molecule has 2 amide bonds. The molecule has 0 atom stereocenters. The van der Waals surface area contributed by atoms with E-state index < -0.39 is 0 Å². The van der Waals surface area contributed by atoms with Crippen molar-refractivity contribution < 1.29 is 62.0 Å². The Labute approximate surface area is 440 Å². The summed E-state index contributed by atoms with van der Waals surface area (Å²) >= 11 is 0. The highest BCUT2D eigenvalue weighted by Gasteiger charge is 2.22. The largest absolute Gasteiger partial charge is 1.00 e. The molecule has 394 valence electrons. The summed E-state index contributed by atoms with van der Waals surface area (Å²) in [6, 6.07) is 15.6. The Hall–Kier alpha value is -2.14. The molecule has 0 bridgehead atoms. The number of ether oxygens (including phenoxy) is 2. The first-order valence-corrected chi connectivity index (χ1v) is 27.7. The van der Waals surface area contributed by atoms with Crippen LogP contribution in [-0.2, 0) is 9.59 Å². The molecule has 8 nitrogen and oxygen atoms in total. The van der Waals surface area contributed by atoms with Crippen LogP contribution in [0, 0.1) is 0 Å². The van der Waals surface area contributed by atoms with Crippen molar-refractivity contribution in [3.8, 4) is 11.5 Å². The minimum absolute atomic E-state index is 0. The van der Waals surface area contributed by atoms with E-state index >= 15 is 0 Å². The van der Waals surface area contributed by atoms with Crippen LogP contribution in [0.5, 0.6) is 11.5 Å². The van der Waals surface area contributed by atoms with Crippen LogP contribution in [0.1, 0.15) is 219 Å². The Morgan fingerprint density at radius 3 is 0.868 bits per heavy atom. The van der Waals surface area contributed by atoms with Gasteiger partial charge in [0.1, 0.15) is 11.5 Å². The van der Waals surface area contributed by atoms with Crippen molar-refractivity contribution >= 4 is 23.2 Å². The molecule has 2 N–H and O–H groups in total. The van der Waals surface area contributed by atoms with E-state index in [1.165, 1.54) is 167 Å². The minimum Gasteiger partial charge on any atom is -1.00 e. The molecule has 0 aromatic heterocycles. The van der Waals surface area contributed by atoms with Crippen molar-refractivity contribution in [1.29, 1.82) is 0 Å². The van der Waals surface area contributed by atoms with Crippen LogP contribution in [0.4, 0.5) is 11.4 Å². The topological polar surface area (TPSA) is 76.7 Å². The average molecular weight is 1080 g/mol. The molecule has 0 heterocycles. The fourth-order valence-corrected chi connectivity index (χ4v) is 9.01. The first-order chi connectivity index (χ1) is 32.0. The molecule has 0 aliphatic rings. The smallest absolute Gasteiger partial charge is 0.279 e. The fraction of sp³-hybridized carbons (Fsp3) is 0.759. The number of hydrogen-bond donors (Lipinski definition) is 2. The third-order valence-corrected chi connectivity index (χ3v) is 13.2. The average Bonchev–Trinajstić information content (AvgIpc) is 3.28. The van der Waals surface area contributed by atoms with Crippen molar-refractivity contribution in [3.05, 3.63) is 48.5 Å². The van der Waals surface area contributed by atoms with Crippen LogP contribution >= 0.6 is 0 Å². The predicted octanol–water partition coefficient (Wildman–Crippen LogP) is 9.71. The molecular weight excluding hydrogens is 976 g/mol. The van der Waals surface area contributed by atoms with Crippen LogP contribution < -0.4 is 54.1 Å². The lowest BCUT2D eigenvalue weighted by Crippen LogP contribution is -3.00. The highest BCUT2D eigenvalue weighted by molar-refractivity contribution is 5.92. The molecule has 0 saturated carbocycles. The number of nitrogens with zero attached hydrogens (tertiary/aromatic N) is 2. The predicted molar refractivity (Wildman–Crippen MR) is 284 cm³/mol. The number of rotatable bonds is 45. The number of likely N-dealkylation sites (N-methyl/N-ethyl adjacent to an activating group) is 2. The van der Waals surface area contributed by atoms with E-state index in [0.717, 1.165) is 87.7 Å². The molecular formula is C58H104Br2N4O4. The lowest BCUT2D eigenvalue weighted by molar-refractivity contribution is -0.883. The number of carbonyl (C=O) groups excluding carboxylic acids is 2. The number of halogens is 2. The summed E-state index contributed by atoms with van der Waals surface area (Å²) in [5.41, 5.74) is 1.62. The Morgan fingerprint density at radius 2 is 0.603 bits per heavy atom. The summed E-state index contributed by atoms with van der Waals surface area (Å²) in [5, 5.41) is 6.16. The number of amides is 2. The third-order valence-electron chi connectivity index (χ3n) is 13.2. The number of nitrogens with one attached hydrogen (secondary N) is 2. The summed E-state index contributed by atoms with van der Waals surface area (Å²) in [4.78, 5) is 25.9. The number of carbonyl (C=O) groups is 2. The van der Waals surface area contributed by atoms with Gasteiger partial charge in [-0.1, -0.05) is 181 Å². The van der Waals surface area contributed by atoms with Crippen molar-refractivity contribution in [2.24, 2.45) is 0 Å². The van der Waals surface area contributed by atoms with Gasteiger partial charge in [-0.2, -0.15) is 0 Å². The summed E-state index contributed by atoms with van der Waals surface area (Å²) in [6.45, 7) is 8.83. The third kappa shape index (κ3) is 38.6. The zero-order chi connectivity index (χ0) is 47.8. The molecule has 2 aromatic carbocycles. The number of hydrogen-bond acceptors (Lipinski definition) is 4. The molecule has 0 radical (unpaired) electrons. The SMILES string of the molecule is CCCCCCCCCCCCCCCCOc1ccc(NC(=O)C[N+](C)(C)CCCCCC[N+](C)(C)CC(=O)Nc2ccc(OCCCCCCCCCCCCCCCC)cc2)cc1.[Br-].[Br-]. The summed E-state index contributed by atoms with van der Waals surface area (Å²) < 4.78 is 13.3. The first-order valence-electron chi connectivity index (χ1n) is 27.7. The second-order valence-corrected chi connectivity index (χ2v) is 21.1. The maximum atomic E-state index is 12.9. The van der Waals surface area contributed by atoms with Gasteiger partial charge >= 0.3 is 0 Å². The zero-order valence-corrected chi connectivity index (χ0v) is 47.9. The lowest BCUT2D eigenvalue weighted by Gasteiger charge is -2.30. The van der Waals surface area contributed by atoms with E-state index in [1.54, 1.807) is 0 Å². The Morgan fingerprint density at radius 1 is 0.368 bits per heavy atom. The van der Waals surface area contributed by atoms with Crippen molar-refractivity contribution in [2.75, 3.05) is 78.2 Å². The maximum Gasteiger partial charge on any atom is 0.279 e. The number of benzene rings is 2. The van der Waals surface area contributed by atoms with E-state index in [4.69, 9.17) is 9.47 Å². The van der Waals surface area contributed by atoms with Gasteiger partial charge in [0.05, 0.1) is 54.5 Å². The van der Waals surface area contributed by atoms with E-state index in [-0.39, 0.29) is 45.8 Å². The molecule has 0 aliphatic carbocycles. The van der Waals surface area contributed by atoms with Gasteiger partial charge in [-0.05, 0) is 87.1 Å². The fourth-order valence-electron chi connectivity index (χ4n) is 9.01. The summed E-state index contributed by atoms with van der Waals surface area (Å²) in [6.07, 6.45) is 42.3. The molecule has 10 heteroatoms. The van der Waals surface area contributed by atoms with Crippen molar-refractivity contribution in [3.63, 3.8) is 0 Å². The summed E-state index contributed by atoms with van der Waals surface area (Å²) in [5.74, 6) is 1.79.